The van der Waals surface area contributed by atoms with Crippen molar-refractivity contribution in [1.82, 2.24) is 5.32 Å². The predicted molar refractivity (Wildman–Crippen MR) is 89.2 cm³/mol. The SMILES string of the molecule is CCOCc1ccccc1CNC1CCCCC1C(C)C. The molecular formula is C19H31NO. The van der Waals surface area contributed by atoms with Crippen LogP contribution >= 0.6 is 0 Å². The van der Waals surface area contributed by atoms with E-state index in [2.05, 4.69) is 50.4 Å². The number of benzene rings is 1. The van der Waals surface area contributed by atoms with Gasteiger partial charge in [-0.25, -0.2) is 0 Å². The molecule has 2 atom stereocenters. The van der Waals surface area contributed by atoms with Crippen molar-refractivity contribution in [3.63, 3.8) is 0 Å². The summed E-state index contributed by atoms with van der Waals surface area (Å²) < 4.78 is 5.58. The summed E-state index contributed by atoms with van der Waals surface area (Å²) in [5.74, 6) is 1.61. The van der Waals surface area contributed by atoms with Crippen molar-refractivity contribution in [3.8, 4) is 0 Å². The van der Waals surface area contributed by atoms with E-state index in [9.17, 15) is 0 Å². The molecule has 2 nitrogen and oxygen atoms in total. The highest BCUT2D eigenvalue weighted by Gasteiger charge is 2.26. The van der Waals surface area contributed by atoms with Crippen molar-refractivity contribution in [3.05, 3.63) is 35.4 Å². The highest BCUT2D eigenvalue weighted by atomic mass is 16.5. The Balaban J connectivity index is 1.95. The van der Waals surface area contributed by atoms with E-state index in [-0.39, 0.29) is 0 Å². The molecule has 118 valence electrons. The molecule has 0 radical (unpaired) electrons. The van der Waals surface area contributed by atoms with Crippen molar-refractivity contribution in [2.45, 2.75) is 65.6 Å². The van der Waals surface area contributed by atoms with E-state index in [4.69, 9.17) is 4.74 Å². The van der Waals surface area contributed by atoms with E-state index in [0.717, 1.165) is 31.6 Å². The summed E-state index contributed by atoms with van der Waals surface area (Å²) in [7, 11) is 0. The molecule has 0 aliphatic heterocycles. The van der Waals surface area contributed by atoms with Gasteiger partial charge in [-0.3, -0.25) is 0 Å². The number of nitrogens with one attached hydrogen (secondary N) is 1. The summed E-state index contributed by atoms with van der Waals surface area (Å²) in [6.45, 7) is 9.26. The average molecular weight is 289 g/mol. The van der Waals surface area contributed by atoms with Gasteiger partial charge in [-0.15, -0.1) is 0 Å². The number of rotatable bonds is 7. The third kappa shape index (κ3) is 4.82. The summed E-state index contributed by atoms with van der Waals surface area (Å²) in [4.78, 5) is 0. The van der Waals surface area contributed by atoms with Gasteiger partial charge >= 0.3 is 0 Å². The fourth-order valence-corrected chi connectivity index (χ4v) is 3.53. The van der Waals surface area contributed by atoms with Gasteiger partial charge in [0.25, 0.3) is 0 Å². The molecule has 0 amide bonds. The van der Waals surface area contributed by atoms with Gasteiger partial charge in [0.1, 0.15) is 0 Å². The van der Waals surface area contributed by atoms with Crippen LogP contribution in [0, 0.1) is 11.8 Å². The number of ether oxygens (including phenoxy) is 1. The molecule has 1 N–H and O–H groups in total. The minimum Gasteiger partial charge on any atom is -0.377 e. The normalized spacial score (nSPS) is 22.7. The first-order chi connectivity index (χ1) is 10.2. The molecule has 1 aliphatic rings. The molecule has 2 rings (SSSR count). The lowest BCUT2D eigenvalue weighted by Gasteiger charge is -2.35. The van der Waals surface area contributed by atoms with Crippen molar-refractivity contribution >= 4 is 0 Å². The second kappa shape index (κ2) is 8.55. The van der Waals surface area contributed by atoms with Crippen LogP contribution in [0.4, 0.5) is 0 Å². The molecule has 2 unspecified atom stereocenters. The summed E-state index contributed by atoms with van der Waals surface area (Å²) in [6.07, 6.45) is 5.50. The first kappa shape index (κ1) is 16.5. The number of hydrogen-bond donors (Lipinski definition) is 1. The monoisotopic (exact) mass is 289 g/mol. The number of hydrogen-bond acceptors (Lipinski definition) is 2. The van der Waals surface area contributed by atoms with Crippen LogP contribution in [0.2, 0.25) is 0 Å². The highest BCUT2D eigenvalue weighted by molar-refractivity contribution is 5.26. The Bertz CT molecular complexity index is 416. The zero-order valence-corrected chi connectivity index (χ0v) is 13.9. The molecule has 0 heterocycles. The second-order valence-electron chi connectivity index (χ2n) is 6.59. The minimum atomic E-state index is 0.680. The predicted octanol–water partition coefficient (Wildman–Crippen LogP) is 4.53. The Morgan fingerprint density at radius 1 is 1.14 bits per heavy atom. The van der Waals surface area contributed by atoms with E-state index in [1.165, 1.54) is 36.8 Å². The van der Waals surface area contributed by atoms with Gasteiger partial charge in [-0.05, 0) is 42.7 Å². The van der Waals surface area contributed by atoms with Crippen LogP contribution in [-0.2, 0) is 17.9 Å². The van der Waals surface area contributed by atoms with Crippen molar-refractivity contribution in [2.75, 3.05) is 6.61 Å². The largest absolute Gasteiger partial charge is 0.377 e. The van der Waals surface area contributed by atoms with Gasteiger partial charge in [-0.1, -0.05) is 51.0 Å². The van der Waals surface area contributed by atoms with Crippen molar-refractivity contribution < 1.29 is 4.74 Å². The van der Waals surface area contributed by atoms with Gasteiger partial charge in [0.05, 0.1) is 6.61 Å². The molecule has 0 spiro atoms. The van der Waals surface area contributed by atoms with Crippen LogP contribution in [0.25, 0.3) is 0 Å². The second-order valence-corrected chi connectivity index (χ2v) is 6.59. The molecule has 1 aromatic rings. The first-order valence-corrected chi connectivity index (χ1v) is 8.60. The molecule has 1 saturated carbocycles. The van der Waals surface area contributed by atoms with Crippen LogP contribution in [0.5, 0.6) is 0 Å². The third-order valence-electron chi connectivity index (χ3n) is 4.81. The fraction of sp³-hybridized carbons (Fsp3) is 0.684. The fourth-order valence-electron chi connectivity index (χ4n) is 3.53. The quantitative estimate of drug-likeness (QED) is 0.796. The Hall–Kier alpha value is -0.860. The molecule has 0 bridgehead atoms. The molecule has 1 aromatic carbocycles. The van der Waals surface area contributed by atoms with E-state index < -0.39 is 0 Å². The maximum Gasteiger partial charge on any atom is 0.0719 e. The zero-order chi connectivity index (χ0) is 15.1. The summed E-state index contributed by atoms with van der Waals surface area (Å²) in [5.41, 5.74) is 2.71. The van der Waals surface area contributed by atoms with E-state index in [0.29, 0.717) is 6.04 Å². The molecule has 2 heteroatoms. The van der Waals surface area contributed by atoms with Crippen LogP contribution in [-0.4, -0.2) is 12.6 Å². The van der Waals surface area contributed by atoms with Crippen molar-refractivity contribution in [2.24, 2.45) is 11.8 Å². The topological polar surface area (TPSA) is 21.3 Å². The standard InChI is InChI=1S/C19H31NO/c1-4-21-14-17-10-6-5-9-16(17)13-20-19-12-8-7-11-18(19)15(2)3/h5-6,9-10,15,18-20H,4,7-8,11-14H2,1-3H3. The van der Waals surface area contributed by atoms with Crippen LogP contribution in [0.1, 0.15) is 57.6 Å². The van der Waals surface area contributed by atoms with Crippen LogP contribution in [0.15, 0.2) is 24.3 Å². The molecule has 0 saturated heterocycles. The van der Waals surface area contributed by atoms with Gasteiger partial charge in [0, 0.05) is 19.2 Å². The summed E-state index contributed by atoms with van der Waals surface area (Å²) >= 11 is 0. The lowest BCUT2D eigenvalue weighted by molar-refractivity contribution is 0.133. The Morgan fingerprint density at radius 2 is 1.86 bits per heavy atom. The molecule has 21 heavy (non-hydrogen) atoms. The van der Waals surface area contributed by atoms with Gasteiger partial charge in [0.15, 0.2) is 0 Å². The summed E-state index contributed by atoms with van der Waals surface area (Å²) in [5, 5.41) is 3.83. The van der Waals surface area contributed by atoms with Crippen LogP contribution in [0.3, 0.4) is 0 Å². The Morgan fingerprint density at radius 3 is 2.57 bits per heavy atom. The lowest BCUT2D eigenvalue weighted by atomic mass is 9.78. The average Bonchev–Trinajstić information content (AvgIpc) is 2.52. The maximum absolute atomic E-state index is 5.58. The smallest absolute Gasteiger partial charge is 0.0719 e. The van der Waals surface area contributed by atoms with Gasteiger partial charge < -0.3 is 10.1 Å². The van der Waals surface area contributed by atoms with Crippen molar-refractivity contribution in [1.29, 1.82) is 0 Å². The van der Waals surface area contributed by atoms with E-state index in [1.54, 1.807) is 0 Å². The highest BCUT2D eigenvalue weighted by Crippen LogP contribution is 2.30. The molecule has 1 fully saturated rings. The molecule has 0 aromatic heterocycles. The zero-order valence-electron chi connectivity index (χ0n) is 13.9. The molecular weight excluding hydrogens is 258 g/mol. The third-order valence-corrected chi connectivity index (χ3v) is 4.81. The van der Waals surface area contributed by atoms with E-state index >= 15 is 0 Å². The molecule has 1 aliphatic carbocycles. The van der Waals surface area contributed by atoms with Gasteiger partial charge in [-0.2, -0.15) is 0 Å². The Kier molecular flexibility index (Phi) is 6.72. The van der Waals surface area contributed by atoms with Gasteiger partial charge in [0.2, 0.25) is 0 Å². The van der Waals surface area contributed by atoms with E-state index in [1.807, 2.05) is 0 Å². The van der Waals surface area contributed by atoms with Crippen LogP contribution < -0.4 is 5.32 Å². The maximum atomic E-state index is 5.58. The Labute approximate surface area is 130 Å². The lowest BCUT2D eigenvalue weighted by Crippen LogP contribution is -2.40. The first-order valence-electron chi connectivity index (χ1n) is 8.60. The minimum absolute atomic E-state index is 0.680. The summed E-state index contributed by atoms with van der Waals surface area (Å²) in [6, 6.07) is 9.34.